The van der Waals surface area contributed by atoms with Crippen molar-refractivity contribution in [1.82, 2.24) is 25.9 Å². The molecule has 6 nitrogen and oxygen atoms in total. The molecule has 8 heteroatoms. The summed E-state index contributed by atoms with van der Waals surface area (Å²) in [5.74, 6) is -0.178. The molecule has 1 amide bonds. The second kappa shape index (κ2) is 8.14. The van der Waals surface area contributed by atoms with Crippen molar-refractivity contribution in [2.45, 2.75) is 58.3 Å². The van der Waals surface area contributed by atoms with Crippen LogP contribution in [0.15, 0.2) is 30.5 Å². The summed E-state index contributed by atoms with van der Waals surface area (Å²) in [6.07, 6.45) is 3.14. The Hall–Kier alpha value is -2.32. The van der Waals surface area contributed by atoms with Crippen molar-refractivity contribution >= 4 is 5.91 Å². The first kappa shape index (κ1) is 19.4. The Kier molecular flexibility index (Phi) is 5.86. The van der Waals surface area contributed by atoms with E-state index in [-0.39, 0.29) is 11.9 Å². The summed E-state index contributed by atoms with van der Waals surface area (Å²) in [7, 11) is 0. The summed E-state index contributed by atoms with van der Waals surface area (Å²) in [4.78, 5) is 12.6. The third kappa shape index (κ3) is 4.70. The van der Waals surface area contributed by atoms with Crippen LogP contribution in [-0.2, 0) is 0 Å². The van der Waals surface area contributed by atoms with Crippen LogP contribution in [0, 0.1) is 6.92 Å². The molecule has 27 heavy (non-hydrogen) atoms. The summed E-state index contributed by atoms with van der Waals surface area (Å²) >= 11 is 0. The number of amides is 1. The Morgan fingerprint density at radius 2 is 2.19 bits per heavy atom. The molecule has 0 radical (unpaired) electrons. The number of aryl methyl sites for hydroxylation is 1. The minimum absolute atomic E-state index is 0.00840. The Labute approximate surface area is 157 Å². The molecule has 1 aliphatic heterocycles. The van der Waals surface area contributed by atoms with Gasteiger partial charge >= 0.3 is 6.55 Å². The Morgan fingerprint density at radius 3 is 2.81 bits per heavy atom. The van der Waals surface area contributed by atoms with Crippen molar-refractivity contribution in [3.8, 4) is 11.1 Å². The number of hydrogen-bond donors (Lipinski definition) is 3. The Bertz CT molecular complexity index is 807. The number of hydrogen-bond acceptors (Lipinski definition) is 4. The molecule has 0 saturated carbocycles. The van der Waals surface area contributed by atoms with Crippen molar-refractivity contribution in [2.75, 3.05) is 0 Å². The van der Waals surface area contributed by atoms with Gasteiger partial charge in [0.25, 0.3) is 5.91 Å². The molecule has 1 aromatic carbocycles. The minimum Gasteiger partial charge on any atom is -0.350 e. The molecule has 0 spiro atoms. The van der Waals surface area contributed by atoms with Crippen LogP contribution in [0.25, 0.3) is 11.1 Å². The number of benzene rings is 1. The van der Waals surface area contributed by atoms with Crippen LogP contribution in [0.1, 0.15) is 49.3 Å². The maximum Gasteiger partial charge on any atom is 0.333 e. The number of nitrogens with one attached hydrogen (secondary N) is 3. The lowest BCUT2D eigenvalue weighted by Gasteiger charge is -2.18. The standard InChI is InChI=1S/C19H25F2N5O/c1-11(7-16-8-12(2)23-24-16)22-18(27)15-6-4-5-14(9-15)17-10-26(19(20)21)25-13(17)3/h4-6,9-12,16,19,23-24H,7-8H2,1-3H3,(H,22,27). The molecule has 0 bridgehead atoms. The minimum atomic E-state index is -2.69. The first-order valence-electron chi connectivity index (χ1n) is 9.09. The van der Waals surface area contributed by atoms with Crippen LogP contribution >= 0.6 is 0 Å². The van der Waals surface area contributed by atoms with E-state index >= 15 is 0 Å². The number of aromatic nitrogens is 2. The van der Waals surface area contributed by atoms with Crippen LogP contribution < -0.4 is 16.2 Å². The van der Waals surface area contributed by atoms with Gasteiger partial charge in [-0.1, -0.05) is 12.1 Å². The summed E-state index contributed by atoms with van der Waals surface area (Å²) < 4.78 is 26.3. The predicted molar refractivity (Wildman–Crippen MR) is 99.3 cm³/mol. The van der Waals surface area contributed by atoms with Crippen molar-refractivity contribution < 1.29 is 13.6 Å². The first-order chi connectivity index (χ1) is 12.8. The fourth-order valence-electron chi connectivity index (χ4n) is 3.45. The molecule has 3 N–H and O–H groups in total. The van der Waals surface area contributed by atoms with Crippen LogP contribution in [-0.4, -0.2) is 33.8 Å². The quantitative estimate of drug-likeness (QED) is 0.724. The highest BCUT2D eigenvalue weighted by molar-refractivity contribution is 5.95. The summed E-state index contributed by atoms with van der Waals surface area (Å²) in [6, 6.07) is 7.72. The van der Waals surface area contributed by atoms with Gasteiger partial charge in [0.1, 0.15) is 0 Å². The molecule has 1 saturated heterocycles. The number of carbonyl (C=O) groups excluding carboxylic acids is 1. The fraction of sp³-hybridized carbons (Fsp3) is 0.474. The molecule has 2 aromatic rings. The normalized spacial score (nSPS) is 20.8. The zero-order chi connectivity index (χ0) is 19.6. The average molecular weight is 377 g/mol. The van der Waals surface area contributed by atoms with Crippen molar-refractivity contribution in [3.63, 3.8) is 0 Å². The Balaban J connectivity index is 1.68. The van der Waals surface area contributed by atoms with E-state index in [9.17, 15) is 13.6 Å². The SMILES string of the molecule is Cc1nn(C(F)F)cc1-c1cccc(C(=O)NC(C)CC2CC(C)NN2)c1. The van der Waals surface area contributed by atoms with Crippen LogP contribution in [0.3, 0.4) is 0 Å². The molecule has 3 atom stereocenters. The van der Waals surface area contributed by atoms with Gasteiger partial charge in [-0.15, -0.1) is 0 Å². The monoisotopic (exact) mass is 377 g/mol. The van der Waals surface area contributed by atoms with E-state index in [1.807, 2.05) is 6.92 Å². The largest absolute Gasteiger partial charge is 0.350 e. The molecule has 1 aromatic heterocycles. The second-order valence-corrected chi connectivity index (χ2v) is 7.20. The van der Waals surface area contributed by atoms with Crippen molar-refractivity contribution in [2.24, 2.45) is 0 Å². The van der Waals surface area contributed by atoms with E-state index in [4.69, 9.17) is 0 Å². The zero-order valence-corrected chi connectivity index (χ0v) is 15.7. The second-order valence-electron chi connectivity index (χ2n) is 7.20. The van der Waals surface area contributed by atoms with Crippen LogP contribution in [0.5, 0.6) is 0 Å². The molecule has 2 heterocycles. The van der Waals surface area contributed by atoms with Gasteiger partial charge in [0.15, 0.2) is 0 Å². The van der Waals surface area contributed by atoms with Gasteiger partial charge in [-0.3, -0.25) is 15.6 Å². The lowest BCUT2D eigenvalue weighted by Crippen LogP contribution is -2.39. The first-order valence-corrected chi connectivity index (χ1v) is 9.09. The molecular formula is C19H25F2N5O. The van der Waals surface area contributed by atoms with E-state index in [2.05, 4.69) is 28.2 Å². The van der Waals surface area contributed by atoms with Crippen molar-refractivity contribution in [1.29, 1.82) is 0 Å². The van der Waals surface area contributed by atoms with Gasteiger partial charge in [0.05, 0.1) is 5.69 Å². The topological polar surface area (TPSA) is 71.0 Å². The zero-order valence-electron chi connectivity index (χ0n) is 15.7. The number of rotatable bonds is 6. The Morgan fingerprint density at radius 1 is 1.41 bits per heavy atom. The van der Waals surface area contributed by atoms with E-state index in [0.717, 1.165) is 12.8 Å². The third-order valence-electron chi connectivity index (χ3n) is 4.74. The summed E-state index contributed by atoms with van der Waals surface area (Å²) in [6.45, 7) is 3.07. The van der Waals surface area contributed by atoms with Gasteiger partial charge in [0.2, 0.25) is 0 Å². The molecule has 146 valence electrons. The van der Waals surface area contributed by atoms with Gasteiger partial charge < -0.3 is 5.32 Å². The van der Waals surface area contributed by atoms with Gasteiger partial charge in [-0.2, -0.15) is 13.9 Å². The smallest absolute Gasteiger partial charge is 0.333 e. The van der Waals surface area contributed by atoms with Crippen molar-refractivity contribution in [3.05, 3.63) is 41.7 Å². The summed E-state index contributed by atoms with van der Waals surface area (Å²) in [5, 5.41) is 6.83. The molecule has 3 rings (SSSR count). The maximum absolute atomic E-state index is 12.8. The van der Waals surface area contributed by atoms with E-state index < -0.39 is 6.55 Å². The highest BCUT2D eigenvalue weighted by atomic mass is 19.3. The predicted octanol–water partition coefficient (Wildman–Crippen LogP) is 3.02. The molecular weight excluding hydrogens is 352 g/mol. The molecule has 1 fully saturated rings. The lowest BCUT2D eigenvalue weighted by molar-refractivity contribution is 0.0563. The van der Waals surface area contributed by atoms with E-state index in [0.29, 0.717) is 39.1 Å². The number of nitrogens with zero attached hydrogens (tertiary/aromatic N) is 2. The maximum atomic E-state index is 12.8. The summed E-state index contributed by atoms with van der Waals surface area (Å²) in [5.41, 5.74) is 8.67. The van der Waals surface area contributed by atoms with Gasteiger partial charge in [-0.05, 0) is 51.3 Å². The fourth-order valence-corrected chi connectivity index (χ4v) is 3.45. The molecule has 1 aliphatic rings. The highest BCUT2D eigenvalue weighted by Gasteiger charge is 2.23. The average Bonchev–Trinajstić information content (AvgIpc) is 3.20. The van der Waals surface area contributed by atoms with Crippen LogP contribution in [0.4, 0.5) is 8.78 Å². The highest BCUT2D eigenvalue weighted by Crippen LogP contribution is 2.25. The number of halogens is 2. The van der Waals surface area contributed by atoms with Gasteiger partial charge in [0, 0.05) is 35.4 Å². The number of hydrazine groups is 1. The molecule has 3 unspecified atom stereocenters. The van der Waals surface area contributed by atoms with E-state index in [1.54, 1.807) is 31.2 Å². The molecule has 0 aliphatic carbocycles. The number of carbonyl (C=O) groups is 1. The lowest BCUT2D eigenvalue weighted by atomic mass is 10.0. The third-order valence-corrected chi connectivity index (χ3v) is 4.74. The van der Waals surface area contributed by atoms with Gasteiger partial charge in [-0.25, -0.2) is 4.68 Å². The number of alkyl halides is 2. The van der Waals surface area contributed by atoms with E-state index in [1.165, 1.54) is 6.20 Å². The van der Waals surface area contributed by atoms with Crippen LogP contribution in [0.2, 0.25) is 0 Å².